The fourth-order valence-electron chi connectivity index (χ4n) is 3.34. The first-order valence-corrected chi connectivity index (χ1v) is 10.4. The average molecular weight is 412 g/mol. The molecule has 0 bridgehead atoms. The van der Waals surface area contributed by atoms with E-state index in [1.165, 1.54) is 0 Å². The second-order valence-corrected chi connectivity index (χ2v) is 7.05. The van der Waals surface area contributed by atoms with Gasteiger partial charge in [-0.05, 0) is 62.0 Å². The fourth-order valence-corrected chi connectivity index (χ4v) is 3.34. The van der Waals surface area contributed by atoms with Gasteiger partial charge in [-0.3, -0.25) is 4.79 Å². The summed E-state index contributed by atoms with van der Waals surface area (Å²) in [6, 6.07) is 14.4. The lowest BCUT2D eigenvalue weighted by molar-refractivity contribution is -0.119. The standard InChI is InChI=1S/C23H29N3O4/c1-3-25-13-15-26(16-14-25)20-9-7-19(8-10-20)24-22(27)17-30-23(28)18-5-11-21(12-6-18)29-4-2/h5-12H,3-4,13-17H2,1-2H3,(H,24,27). The van der Waals surface area contributed by atoms with Crippen LogP contribution in [0.3, 0.4) is 0 Å². The molecule has 7 heteroatoms. The van der Waals surface area contributed by atoms with E-state index in [0.717, 1.165) is 38.4 Å². The molecular weight excluding hydrogens is 382 g/mol. The van der Waals surface area contributed by atoms with Gasteiger partial charge < -0.3 is 24.6 Å². The Morgan fingerprint density at radius 1 is 0.933 bits per heavy atom. The number of piperazine rings is 1. The Bertz CT molecular complexity index is 829. The number of nitrogens with one attached hydrogen (secondary N) is 1. The summed E-state index contributed by atoms with van der Waals surface area (Å²) < 4.78 is 10.4. The number of anilines is 2. The summed E-state index contributed by atoms with van der Waals surface area (Å²) >= 11 is 0. The second kappa shape index (κ2) is 10.6. The highest BCUT2D eigenvalue weighted by atomic mass is 16.5. The van der Waals surface area contributed by atoms with Crippen LogP contribution in [-0.4, -0.2) is 62.7 Å². The molecule has 2 aromatic carbocycles. The van der Waals surface area contributed by atoms with E-state index in [1.807, 2.05) is 31.2 Å². The highest BCUT2D eigenvalue weighted by Crippen LogP contribution is 2.19. The van der Waals surface area contributed by atoms with Crippen molar-refractivity contribution in [2.75, 3.05) is 56.2 Å². The Kier molecular flexibility index (Phi) is 7.68. The van der Waals surface area contributed by atoms with Gasteiger partial charge in [-0.25, -0.2) is 4.79 Å². The molecule has 1 aliphatic heterocycles. The monoisotopic (exact) mass is 411 g/mol. The van der Waals surface area contributed by atoms with Crippen molar-refractivity contribution in [1.82, 2.24) is 4.90 Å². The van der Waals surface area contributed by atoms with Crippen LogP contribution in [-0.2, 0) is 9.53 Å². The van der Waals surface area contributed by atoms with Gasteiger partial charge in [0.2, 0.25) is 0 Å². The fraction of sp³-hybridized carbons (Fsp3) is 0.391. The topological polar surface area (TPSA) is 71.1 Å². The van der Waals surface area contributed by atoms with E-state index in [9.17, 15) is 9.59 Å². The Morgan fingerprint density at radius 3 is 2.20 bits per heavy atom. The second-order valence-electron chi connectivity index (χ2n) is 7.05. The molecule has 1 saturated heterocycles. The van der Waals surface area contributed by atoms with Gasteiger partial charge in [-0.1, -0.05) is 6.92 Å². The van der Waals surface area contributed by atoms with Crippen LogP contribution in [0.4, 0.5) is 11.4 Å². The van der Waals surface area contributed by atoms with Crippen LogP contribution in [0.25, 0.3) is 0 Å². The molecule has 0 aromatic heterocycles. The molecule has 160 valence electrons. The zero-order valence-corrected chi connectivity index (χ0v) is 17.6. The summed E-state index contributed by atoms with van der Waals surface area (Å²) in [5.74, 6) is -0.240. The number of benzene rings is 2. The molecule has 0 atom stereocenters. The van der Waals surface area contributed by atoms with Crippen LogP contribution in [0.15, 0.2) is 48.5 Å². The molecule has 1 N–H and O–H groups in total. The molecule has 0 saturated carbocycles. The molecule has 0 spiro atoms. The first kappa shape index (κ1) is 21.6. The third-order valence-corrected chi connectivity index (χ3v) is 5.07. The van der Waals surface area contributed by atoms with E-state index in [2.05, 4.69) is 22.0 Å². The SMILES string of the molecule is CCOc1ccc(C(=O)OCC(=O)Nc2ccc(N3CCN(CC)CC3)cc2)cc1. The molecule has 30 heavy (non-hydrogen) atoms. The number of likely N-dealkylation sites (N-methyl/N-ethyl adjacent to an activating group) is 1. The van der Waals surface area contributed by atoms with Gasteiger partial charge in [-0.15, -0.1) is 0 Å². The number of ether oxygens (including phenoxy) is 2. The van der Waals surface area contributed by atoms with E-state index in [4.69, 9.17) is 9.47 Å². The van der Waals surface area contributed by atoms with Crippen molar-refractivity contribution in [3.8, 4) is 5.75 Å². The highest BCUT2D eigenvalue weighted by molar-refractivity contribution is 5.95. The maximum atomic E-state index is 12.1. The van der Waals surface area contributed by atoms with Crippen molar-refractivity contribution in [1.29, 1.82) is 0 Å². The number of carbonyl (C=O) groups excluding carboxylic acids is 2. The third-order valence-electron chi connectivity index (χ3n) is 5.07. The molecule has 3 rings (SSSR count). The summed E-state index contributed by atoms with van der Waals surface area (Å²) in [5.41, 5.74) is 2.19. The van der Waals surface area contributed by atoms with Gasteiger partial charge in [0.1, 0.15) is 5.75 Å². The average Bonchev–Trinajstić information content (AvgIpc) is 2.79. The number of rotatable bonds is 8. The van der Waals surface area contributed by atoms with Gasteiger partial charge in [0.15, 0.2) is 6.61 Å². The van der Waals surface area contributed by atoms with E-state index in [1.54, 1.807) is 24.3 Å². The Balaban J connectivity index is 1.45. The van der Waals surface area contributed by atoms with Crippen molar-refractivity contribution >= 4 is 23.3 Å². The number of nitrogens with zero attached hydrogens (tertiary/aromatic N) is 2. The van der Waals surface area contributed by atoms with Gasteiger partial charge in [0, 0.05) is 37.6 Å². The van der Waals surface area contributed by atoms with E-state index in [-0.39, 0.29) is 12.5 Å². The molecule has 1 heterocycles. The van der Waals surface area contributed by atoms with Gasteiger partial charge in [0.25, 0.3) is 5.91 Å². The molecule has 7 nitrogen and oxygen atoms in total. The first-order chi connectivity index (χ1) is 14.6. The zero-order chi connectivity index (χ0) is 21.3. The lowest BCUT2D eigenvalue weighted by Gasteiger charge is -2.35. The summed E-state index contributed by atoms with van der Waals surface area (Å²) in [6.45, 7) is 9.51. The van der Waals surface area contributed by atoms with Crippen molar-refractivity contribution in [3.63, 3.8) is 0 Å². The van der Waals surface area contributed by atoms with Crippen LogP contribution in [0.5, 0.6) is 5.75 Å². The minimum Gasteiger partial charge on any atom is -0.494 e. The molecule has 1 aliphatic rings. The number of carbonyl (C=O) groups is 2. The van der Waals surface area contributed by atoms with Gasteiger partial charge in [-0.2, -0.15) is 0 Å². The third kappa shape index (κ3) is 5.97. The van der Waals surface area contributed by atoms with Crippen molar-refractivity contribution in [2.45, 2.75) is 13.8 Å². The molecule has 1 amide bonds. The Hall–Kier alpha value is -3.06. The minimum atomic E-state index is -0.547. The van der Waals surface area contributed by atoms with Gasteiger partial charge in [0.05, 0.1) is 12.2 Å². The Morgan fingerprint density at radius 2 is 1.60 bits per heavy atom. The van der Waals surface area contributed by atoms with E-state index in [0.29, 0.717) is 23.6 Å². The molecule has 1 fully saturated rings. The van der Waals surface area contributed by atoms with Crippen LogP contribution >= 0.6 is 0 Å². The minimum absolute atomic E-state index is 0.341. The molecule has 2 aromatic rings. The predicted octanol–water partition coefficient (Wildman–Crippen LogP) is 3.02. The van der Waals surface area contributed by atoms with Crippen LogP contribution in [0.1, 0.15) is 24.2 Å². The predicted molar refractivity (Wildman–Crippen MR) is 117 cm³/mol. The maximum absolute atomic E-state index is 12.1. The molecule has 0 radical (unpaired) electrons. The van der Waals surface area contributed by atoms with Gasteiger partial charge >= 0.3 is 5.97 Å². The van der Waals surface area contributed by atoms with Crippen molar-refractivity contribution in [2.24, 2.45) is 0 Å². The number of esters is 1. The number of amides is 1. The number of hydrogen-bond acceptors (Lipinski definition) is 6. The summed E-state index contributed by atoms with van der Waals surface area (Å²) in [7, 11) is 0. The van der Waals surface area contributed by atoms with Crippen LogP contribution in [0, 0.1) is 0 Å². The lowest BCUT2D eigenvalue weighted by atomic mass is 10.2. The van der Waals surface area contributed by atoms with Crippen LogP contribution < -0.4 is 15.0 Å². The Labute approximate surface area is 177 Å². The maximum Gasteiger partial charge on any atom is 0.338 e. The first-order valence-electron chi connectivity index (χ1n) is 10.4. The molecular formula is C23H29N3O4. The lowest BCUT2D eigenvalue weighted by Crippen LogP contribution is -2.46. The summed E-state index contributed by atoms with van der Waals surface area (Å²) in [5, 5.41) is 2.76. The summed E-state index contributed by atoms with van der Waals surface area (Å²) in [4.78, 5) is 29.0. The molecule has 0 unspecified atom stereocenters. The van der Waals surface area contributed by atoms with Crippen molar-refractivity contribution in [3.05, 3.63) is 54.1 Å². The summed E-state index contributed by atoms with van der Waals surface area (Å²) in [6.07, 6.45) is 0. The van der Waals surface area contributed by atoms with Crippen LogP contribution in [0.2, 0.25) is 0 Å². The normalized spacial score (nSPS) is 14.3. The smallest absolute Gasteiger partial charge is 0.338 e. The highest BCUT2D eigenvalue weighted by Gasteiger charge is 2.16. The largest absolute Gasteiger partial charge is 0.494 e. The van der Waals surface area contributed by atoms with E-state index < -0.39 is 5.97 Å². The quantitative estimate of drug-likeness (QED) is 0.674. The zero-order valence-electron chi connectivity index (χ0n) is 17.6. The van der Waals surface area contributed by atoms with Crippen molar-refractivity contribution < 1.29 is 19.1 Å². The molecule has 0 aliphatic carbocycles. The van der Waals surface area contributed by atoms with E-state index >= 15 is 0 Å². The number of hydrogen-bond donors (Lipinski definition) is 1.